The molecule has 0 fully saturated rings. The summed E-state index contributed by atoms with van der Waals surface area (Å²) < 4.78 is 28.2. The van der Waals surface area contributed by atoms with E-state index in [9.17, 15) is 8.78 Å². The van der Waals surface area contributed by atoms with Gasteiger partial charge >= 0.3 is 6.61 Å². The van der Waals surface area contributed by atoms with Gasteiger partial charge in [0.1, 0.15) is 5.75 Å². The van der Waals surface area contributed by atoms with Crippen LogP contribution in [0.15, 0.2) is 18.2 Å². The molecule has 1 aromatic rings. The number of alkyl halides is 2. The normalized spacial score (nSPS) is 11.0. The molecule has 5 heteroatoms. The van der Waals surface area contributed by atoms with E-state index < -0.39 is 6.61 Å². The number of hydrogen-bond acceptors (Lipinski definition) is 2. The van der Waals surface area contributed by atoms with Gasteiger partial charge in [0.2, 0.25) is 0 Å². The zero-order chi connectivity index (χ0) is 12.8. The number of halogens is 3. The third-order valence-electron chi connectivity index (χ3n) is 2.20. The van der Waals surface area contributed by atoms with Gasteiger partial charge in [-0.05, 0) is 30.5 Å². The molecule has 2 nitrogen and oxygen atoms in total. The lowest BCUT2D eigenvalue weighted by molar-refractivity contribution is -0.0497. The fraction of sp³-hybridized carbons (Fsp3) is 0.500. The van der Waals surface area contributed by atoms with Crippen LogP contribution < -0.4 is 10.1 Å². The molecule has 0 bridgehead atoms. The molecule has 0 saturated heterocycles. The molecule has 1 N–H and O–H groups in total. The molecule has 0 radical (unpaired) electrons. The Balaban J connectivity index is 2.56. The van der Waals surface area contributed by atoms with Crippen LogP contribution in [0.25, 0.3) is 0 Å². The van der Waals surface area contributed by atoms with Crippen molar-refractivity contribution in [2.75, 3.05) is 11.9 Å². The van der Waals surface area contributed by atoms with Crippen molar-refractivity contribution in [3.8, 4) is 5.75 Å². The van der Waals surface area contributed by atoms with Crippen LogP contribution in [0.4, 0.5) is 14.5 Å². The minimum atomic E-state index is -2.85. The SMILES string of the molecule is CC(C)CCNc1ccc(OC(F)F)c(Cl)c1. The quantitative estimate of drug-likeness (QED) is 0.821. The maximum absolute atomic E-state index is 12.0. The summed E-state index contributed by atoms with van der Waals surface area (Å²) in [5, 5.41) is 3.35. The Bertz CT molecular complexity index is 358. The minimum absolute atomic E-state index is 0.00363. The van der Waals surface area contributed by atoms with E-state index in [1.807, 2.05) is 0 Å². The highest BCUT2D eigenvalue weighted by Gasteiger charge is 2.08. The van der Waals surface area contributed by atoms with Crippen molar-refractivity contribution in [2.24, 2.45) is 5.92 Å². The second kappa shape index (κ2) is 6.64. The first kappa shape index (κ1) is 14.0. The van der Waals surface area contributed by atoms with Gasteiger partial charge in [-0.15, -0.1) is 0 Å². The molecule has 0 unspecified atom stereocenters. The third kappa shape index (κ3) is 5.22. The van der Waals surface area contributed by atoms with E-state index in [-0.39, 0.29) is 10.8 Å². The zero-order valence-corrected chi connectivity index (χ0v) is 10.6. The molecule has 0 heterocycles. The van der Waals surface area contributed by atoms with Crippen LogP contribution in [-0.4, -0.2) is 13.2 Å². The van der Waals surface area contributed by atoms with Crippen molar-refractivity contribution in [2.45, 2.75) is 26.9 Å². The molecular weight excluding hydrogens is 248 g/mol. The molecule has 0 aliphatic rings. The fourth-order valence-corrected chi connectivity index (χ4v) is 1.53. The van der Waals surface area contributed by atoms with Crippen LogP contribution in [0.5, 0.6) is 5.75 Å². The molecule has 0 aliphatic heterocycles. The molecule has 0 saturated carbocycles. The lowest BCUT2D eigenvalue weighted by Gasteiger charge is -2.11. The topological polar surface area (TPSA) is 21.3 Å². The lowest BCUT2D eigenvalue weighted by atomic mass is 10.1. The van der Waals surface area contributed by atoms with E-state index in [1.54, 1.807) is 12.1 Å². The summed E-state index contributed by atoms with van der Waals surface area (Å²) in [5.74, 6) is 0.607. The molecule has 0 aliphatic carbocycles. The van der Waals surface area contributed by atoms with Crippen LogP contribution in [0.1, 0.15) is 20.3 Å². The highest BCUT2D eigenvalue weighted by atomic mass is 35.5. The van der Waals surface area contributed by atoms with E-state index in [2.05, 4.69) is 23.9 Å². The smallest absolute Gasteiger partial charge is 0.387 e. The second-order valence-electron chi connectivity index (χ2n) is 4.13. The number of ether oxygens (including phenoxy) is 1. The summed E-state index contributed by atoms with van der Waals surface area (Å²) in [7, 11) is 0. The van der Waals surface area contributed by atoms with Gasteiger partial charge in [-0.3, -0.25) is 0 Å². The molecule has 17 heavy (non-hydrogen) atoms. The summed E-state index contributed by atoms with van der Waals surface area (Å²) in [5.41, 5.74) is 0.803. The van der Waals surface area contributed by atoms with E-state index in [0.29, 0.717) is 5.92 Å². The highest BCUT2D eigenvalue weighted by Crippen LogP contribution is 2.28. The Kier molecular flexibility index (Phi) is 5.48. The van der Waals surface area contributed by atoms with Gasteiger partial charge in [-0.1, -0.05) is 25.4 Å². The van der Waals surface area contributed by atoms with Gasteiger partial charge in [0, 0.05) is 12.2 Å². The molecule has 0 spiro atoms. The summed E-state index contributed by atoms with van der Waals surface area (Å²) in [6.45, 7) is 2.23. The Morgan fingerprint density at radius 1 is 1.35 bits per heavy atom. The standard InChI is InChI=1S/C12H16ClF2NO/c1-8(2)5-6-16-9-3-4-11(10(13)7-9)17-12(14)15/h3-4,7-8,12,16H,5-6H2,1-2H3. The van der Waals surface area contributed by atoms with Gasteiger partial charge in [-0.25, -0.2) is 0 Å². The number of nitrogens with one attached hydrogen (secondary N) is 1. The Labute approximate surface area is 105 Å². The average molecular weight is 264 g/mol. The fourth-order valence-electron chi connectivity index (χ4n) is 1.31. The largest absolute Gasteiger partial charge is 0.433 e. The van der Waals surface area contributed by atoms with E-state index in [0.717, 1.165) is 18.7 Å². The molecule has 0 aromatic heterocycles. The van der Waals surface area contributed by atoms with Crippen LogP contribution in [0.3, 0.4) is 0 Å². The first-order chi connectivity index (χ1) is 7.99. The zero-order valence-electron chi connectivity index (χ0n) is 9.84. The third-order valence-corrected chi connectivity index (χ3v) is 2.49. The van der Waals surface area contributed by atoms with Crippen molar-refractivity contribution >= 4 is 17.3 Å². The van der Waals surface area contributed by atoms with Crippen molar-refractivity contribution in [1.29, 1.82) is 0 Å². The molecular formula is C12H16ClF2NO. The van der Waals surface area contributed by atoms with Gasteiger partial charge in [0.15, 0.2) is 0 Å². The molecule has 0 amide bonds. The maximum Gasteiger partial charge on any atom is 0.387 e. The van der Waals surface area contributed by atoms with Gasteiger partial charge in [0.05, 0.1) is 5.02 Å². The van der Waals surface area contributed by atoms with Crippen LogP contribution >= 0.6 is 11.6 Å². The number of hydrogen-bond donors (Lipinski definition) is 1. The lowest BCUT2D eigenvalue weighted by Crippen LogP contribution is -2.05. The van der Waals surface area contributed by atoms with Crippen LogP contribution in [0.2, 0.25) is 5.02 Å². The van der Waals surface area contributed by atoms with Crippen molar-refractivity contribution in [3.05, 3.63) is 23.2 Å². The Morgan fingerprint density at radius 2 is 2.06 bits per heavy atom. The molecule has 1 aromatic carbocycles. The number of anilines is 1. The maximum atomic E-state index is 12.0. The van der Waals surface area contributed by atoms with Gasteiger partial charge < -0.3 is 10.1 Å². The number of rotatable bonds is 6. The minimum Gasteiger partial charge on any atom is -0.433 e. The monoisotopic (exact) mass is 263 g/mol. The first-order valence-electron chi connectivity index (χ1n) is 5.47. The number of benzene rings is 1. The van der Waals surface area contributed by atoms with Crippen molar-refractivity contribution < 1.29 is 13.5 Å². The average Bonchev–Trinajstić information content (AvgIpc) is 2.21. The summed E-state index contributed by atoms with van der Waals surface area (Å²) in [4.78, 5) is 0. The molecule has 1 rings (SSSR count). The summed E-state index contributed by atoms with van der Waals surface area (Å²) in [6, 6.07) is 4.69. The van der Waals surface area contributed by atoms with E-state index in [1.165, 1.54) is 6.07 Å². The molecule has 96 valence electrons. The Hall–Kier alpha value is -1.03. The predicted molar refractivity (Wildman–Crippen MR) is 66.0 cm³/mol. The molecule has 0 atom stereocenters. The van der Waals surface area contributed by atoms with E-state index >= 15 is 0 Å². The summed E-state index contributed by atoms with van der Waals surface area (Å²) in [6.07, 6.45) is 1.03. The predicted octanol–water partition coefficient (Wildman–Crippen LogP) is 4.40. The highest BCUT2D eigenvalue weighted by molar-refractivity contribution is 6.32. The van der Waals surface area contributed by atoms with Crippen LogP contribution in [-0.2, 0) is 0 Å². The van der Waals surface area contributed by atoms with E-state index in [4.69, 9.17) is 11.6 Å². The van der Waals surface area contributed by atoms with Crippen molar-refractivity contribution in [1.82, 2.24) is 0 Å². The second-order valence-corrected chi connectivity index (χ2v) is 4.54. The summed E-state index contributed by atoms with van der Waals surface area (Å²) >= 11 is 5.82. The van der Waals surface area contributed by atoms with Gasteiger partial charge in [-0.2, -0.15) is 8.78 Å². The van der Waals surface area contributed by atoms with Gasteiger partial charge in [0.25, 0.3) is 0 Å². The first-order valence-corrected chi connectivity index (χ1v) is 5.85. The van der Waals surface area contributed by atoms with Crippen LogP contribution in [0, 0.1) is 5.92 Å². The van der Waals surface area contributed by atoms with Crippen molar-refractivity contribution in [3.63, 3.8) is 0 Å². The Morgan fingerprint density at radius 3 is 2.59 bits per heavy atom.